The summed E-state index contributed by atoms with van der Waals surface area (Å²) >= 11 is 4.91. The Balaban J connectivity index is 2.22. The average Bonchev–Trinajstić information content (AvgIpc) is 2.92. The van der Waals surface area contributed by atoms with Gasteiger partial charge in [0.2, 0.25) is 0 Å². The van der Waals surface area contributed by atoms with E-state index in [-0.39, 0.29) is 10.7 Å². The van der Waals surface area contributed by atoms with Crippen LogP contribution in [0.4, 0.5) is 5.69 Å². The molecule has 0 amide bonds. The minimum absolute atomic E-state index is 0.152. The Morgan fingerprint density at radius 1 is 1.41 bits per heavy atom. The van der Waals surface area contributed by atoms with Crippen molar-refractivity contribution in [2.75, 3.05) is 11.9 Å². The molecule has 0 unspecified atom stereocenters. The third-order valence-corrected chi connectivity index (χ3v) is 4.15. The van der Waals surface area contributed by atoms with Crippen LogP contribution in [0.5, 0.6) is 5.75 Å². The Hall–Kier alpha value is -2.94. The summed E-state index contributed by atoms with van der Waals surface area (Å²) in [5.74, 6) is 1.02. The largest absolute Gasteiger partial charge is 0.493 e. The molecule has 3 aromatic rings. The van der Waals surface area contributed by atoms with Crippen LogP contribution in [0.15, 0.2) is 23.0 Å². The highest BCUT2D eigenvalue weighted by Gasteiger charge is 2.17. The predicted octanol–water partition coefficient (Wildman–Crippen LogP) is 2.33. The van der Waals surface area contributed by atoms with Crippen molar-refractivity contribution in [1.29, 1.82) is 0 Å². The predicted molar refractivity (Wildman–Crippen MR) is 110 cm³/mol. The molecule has 0 aliphatic heterocycles. The SMILES string of the molecule is CCCc1nn(C)c2c(=O)[nH]c(-c3cc(NC(N)=S)ccc3OCC)nc12. The number of aryl methyl sites for hydroxylation is 2. The first kappa shape index (κ1) is 18.8. The second-order valence-corrected chi connectivity index (χ2v) is 6.51. The van der Waals surface area contributed by atoms with Crippen molar-refractivity contribution < 1.29 is 4.74 Å². The summed E-state index contributed by atoms with van der Waals surface area (Å²) in [4.78, 5) is 20.2. The lowest BCUT2D eigenvalue weighted by Gasteiger charge is -2.12. The van der Waals surface area contributed by atoms with Crippen LogP contribution < -0.4 is 21.3 Å². The van der Waals surface area contributed by atoms with Crippen LogP contribution in [0, 0.1) is 0 Å². The number of anilines is 1. The first-order chi connectivity index (χ1) is 12.9. The van der Waals surface area contributed by atoms with Gasteiger partial charge in [-0.1, -0.05) is 13.3 Å². The lowest BCUT2D eigenvalue weighted by atomic mass is 10.1. The molecule has 0 radical (unpaired) electrons. The van der Waals surface area contributed by atoms with Gasteiger partial charge in [0.1, 0.15) is 17.1 Å². The fraction of sp³-hybridized carbons (Fsp3) is 0.333. The van der Waals surface area contributed by atoms with Gasteiger partial charge in [-0.05, 0) is 43.8 Å². The van der Waals surface area contributed by atoms with Gasteiger partial charge in [-0.25, -0.2) is 4.98 Å². The van der Waals surface area contributed by atoms with Crippen LogP contribution >= 0.6 is 12.2 Å². The Bertz CT molecular complexity index is 1060. The van der Waals surface area contributed by atoms with Crippen molar-refractivity contribution in [3.63, 3.8) is 0 Å². The van der Waals surface area contributed by atoms with E-state index in [4.69, 9.17) is 27.7 Å². The number of hydrogen-bond donors (Lipinski definition) is 3. The Morgan fingerprint density at radius 2 is 2.19 bits per heavy atom. The van der Waals surface area contributed by atoms with Crippen LogP contribution in [0.2, 0.25) is 0 Å². The minimum atomic E-state index is -0.248. The summed E-state index contributed by atoms with van der Waals surface area (Å²) in [6, 6.07) is 5.39. The van der Waals surface area contributed by atoms with Crippen molar-refractivity contribution in [2.24, 2.45) is 12.8 Å². The van der Waals surface area contributed by atoms with E-state index in [0.717, 1.165) is 18.5 Å². The molecule has 3 rings (SSSR count). The van der Waals surface area contributed by atoms with Crippen LogP contribution in [0.1, 0.15) is 26.0 Å². The minimum Gasteiger partial charge on any atom is -0.493 e. The number of nitrogens with two attached hydrogens (primary N) is 1. The topological polar surface area (TPSA) is 111 Å². The Labute approximate surface area is 161 Å². The molecule has 9 heteroatoms. The quantitative estimate of drug-likeness (QED) is 0.558. The van der Waals surface area contributed by atoms with Crippen molar-refractivity contribution in [1.82, 2.24) is 19.7 Å². The zero-order valence-electron chi connectivity index (χ0n) is 15.5. The van der Waals surface area contributed by atoms with E-state index in [2.05, 4.69) is 22.3 Å². The molecule has 0 saturated heterocycles. The van der Waals surface area contributed by atoms with E-state index in [1.165, 1.54) is 0 Å². The Morgan fingerprint density at radius 3 is 2.85 bits per heavy atom. The molecule has 0 aliphatic rings. The first-order valence-corrected chi connectivity index (χ1v) is 9.15. The maximum atomic E-state index is 12.7. The highest BCUT2D eigenvalue weighted by atomic mass is 32.1. The van der Waals surface area contributed by atoms with Crippen LogP contribution in [-0.2, 0) is 13.5 Å². The van der Waals surface area contributed by atoms with Crippen molar-refractivity contribution in [3.05, 3.63) is 34.2 Å². The number of fused-ring (bicyclic) bond motifs is 1. The summed E-state index contributed by atoms with van der Waals surface area (Å²) < 4.78 is 7.29. The van der Waals surface area contributed by atoms with Gasteiger partial charge in [0, 0.05) is 12.7 Å². The van der Waals surface area contributed by atoms with Crippen molar-refractivity contribution >= 4 is 34.1 Å². The number of ether oxygens (including phenoxy) is 1. The highest BCUT2D eigenvalue weighted by molar-refractivity contribution is 7.80. The molecule has 0 fully saturated rings. The fourth-order valence-corrected chi connectivity index (χ4v) is 3.11. The number of nitrogens with zero attached hydrogens (tertiary/aromatic N) is 3. The van der Waals surface area contributed by atoms with E-state index >= 15 is 0 Å². The lowest BCUT2D eigenvalue weighted by Crippen LogP contribution is -2.19. The van der Waals surface area contributed by atoms with Gasteiger partial charge < -0.3 is 20.8 Å². The number of aromatic nitrogens is 4. The van der Waals surface area contributed by atoms with E-state index in [9.17, 15) is 4.79 Å². The zero-order chi connectivity index (χ0) is 19.6. The molecule has 0 spiro atoms. The second kappa shape index (κ2) is 7.75. The van der Waals surface area contributed by atoms with Gasteiger partial charge in [0.05, 0.1) is 17.9 Å². The summed E-state index contributed by atoms with van der Waals surface area (Å²) in [6.07, 6.45) is 1.65. The number of rotatable bonds is 6. The number of aromatic amines is 1. The van der Waals surface area contributed by atoms with E-state index < -0.39 is 0 Å². The second-order valence-electron chi connectivity index (χ2n) is 6.07. The van der Waals surface area contributed by atoms with Crippen molar-refractivity contribution in [2.45, 2.75) is 26.7 Å². The highest BCUT2D eigenvalue weighted by Crippen LogP contribution is 2.31. The van der Waals surface area contributed by atoms with Gasteiger partial charge in [-0.2, -0.15) is 5.10 Å². The van der Waals surface area contributed by atoms with E-state index in [0.29, 0.717) is 40.5 Å². The maximum absolute atomic E-state index is 12.7. The third kappa shape index (κ3) is 3.77. The van der Waals surface area contributed by atoms with Crippen LogP contribution in [0.25, 0.3) is 22.4 Å². The maximum Gasteiger partial charge on any atom is 0.277 e. The van der Waals surface area contributed by atoms with Crippen LogP contribution in [0.3, 0.4) is 0 Å². The summed E-state index contributed by atoms with van der Waals surface area (Å²) in [6.45, 7) is 4.44. The number of nitrogens with one attached hydrogen (secondary N) is 2. The molecule has 0 saturated carbocycles. The van der Waals surface area contributed by atoms with E-state index in [1.54, 1.807) is 29.9 Å². The van der Waals surface area contributed by atoms with E-state index in [1.807, 2.05) is 6.92 Å². The van der Waals surface area contributed by atoms with Gasteiger partial charge in [0.25, 0.3) is 5.56 Å². The van der Waals surface area contributed by atoms with Gasteiger partial charge in [0.15, 0.2) is 10.6 Å². The van der Waals surface area contributed by atoms with Crippen molar-refractivity contribution in [3.8, 4) is 17.1 Å². The molecule has 8 nitrogen and oxygen atoms in total. The molecule has 27 heavy (non-hydrogen) atoms. The normalized spacial score (nSPS) is 10.9. The zero-order valence-corrected chi connectivity index (χ0v) is 16.3. The Kier molecular flexibility index (Phi) is 5.41. The number of H-pyrrole nitrogens is 1. The smallest absolute Gasteiger partial charge is 0.277 e. The summed E-state index contributed by atoms with van der Waals surface area (Å²) in [5, 5.41) is 7.49. The molecule has 0 bridgehead atoms. The number of benzene rings is 1. The monoisotopic (exact) mass is 386 g/mol. The molecular weight excluding hydrogens is 364 g/mol. The average molecular weight is 386 g/mol. The first-order valence-electron chi connectivity index (χ1n) is 8.74. The third-order valence-electron chi connectivity index (χ3n) is 4.05. The molecule has 2 aromatic heterocycles. The molecule has 2 heterocycles. The molecular formula is C18H22N6O2S. The van der Waals surface area contributed by atoms with Crippen LogP contribution in [-0.4, -0.2) is 31.5 Å². The molecule has 142 valence electrons. The summed E-state index contributed by atoms with van der Waals surface area (Å²) in [5.41, 5.74) is 8.51. The summed E-state index contributed by atoms with van der Waals surface area (Å²) in [7, 11) is 1.75. The molecule has 4 N–H and O–H groups in total. The fourth-order valence-electron chi connectivity index (χ4n) is 3.00. The van der Waals surface area contributed by atoms with Gasteiger partial charge >= 0.3 is 0 Å². The van der Waals surface area contributed by atoms with Gasteiger partial charge in [-0.3, -0.25) is 9.48 Å². The lowest BCUT2D eigenvalue weighted by molar-refractivity contribution is 0.341. The molecule has 0 atom stereocenters. The number of hydrogen-bond acceptors (Lipinski definition) is 5. The van der Waals surface area contributed by atoms with Gasteiger partial charge in [-0.15, -0.1) is 0 Å². The molecule has 1 aromatic carbocycles. The number of thiocarbonyl (C=S) groups is 1. The standard InChI is InChI=1S/C18H22N6O2S/c1-4-6-12-14-15(24(3)23-12)17(25)22-16(21-14)11-9-10(20-18(19)27)7-8-13(11)26-5-2/h7-9H,4-6H2,1-3H3,(H3,19,20,27)(H,21,22,25). The molecule has 0 aliphatic carbocycles.